The van der Waals surface area contributed by atoms with E-state index < -0.39 is 47.9 Å². The van der Waals surface area contributed by atoms with Crippen molar-refractivity contribution in [1.82, 2.24) is 21.3 Å². The number of aliphatic carboxylic acids is 1. The Hall–Kier alpha value is -6.21. The van der Waals surface area contributed by atoms with Gasteiger partial charge in [-0.3, -0.25) is 19.2 Å². The summed E-state index contributed by atoms with van der Waals surface area (Å²) in [5, 5.41) is 30.0. The van der Waals surface area contributed by atoms with Crippen molar-refractivity contribution in [2.75, 3.05) is 19.7 Å². The molecule has 0 fully saturated rings. The van der Waals surface area contributed by atoms with Crippen LogP contribution in [0.2, 0.25) is 0 Å². The van der Waals surface area contributed by atoms with Gasteiger partial charge in [-0.25, -0.2) is 4.79 Å². The molecule has 0 aromatic heterocycles. The van der Waals surface area contributed by atoms with E-state index in [0.717, 1.165) is 27.8 Å². The Morgan fingerprint density at radius 3 is 1.83 bits per heavy atom. The van der Waals surface area contributed by atoms with Crippen molar-refractivity contribution in [3.63, 3.8) is 0 Å². The normalized spacial score (nSPS) is 13.3. The summed E-state index contributed by atoms with van der Waals surface area (Å²) < 4.78 is 5.79. The molecule has 306 valence electrons. The molecular weight excluding hydrogens is 739 g/mol. The number of carbonyl (C=O) groups is 5. The Labute approximate surface area is 338 Å². The lowest BCUT2D eigenvalue weighted by Gasteiger charge is -2.26. The number of hydrogen-bond donors (Lipinski definition) is 7. The molecule has 0 radical (unpaired) electrons. The van der Waals surface area contributed by atoms with Crippen LogP contribution in [-0.4, -0.2) is 77.8 Å². The summed E-state index contributed by atoms with van der Waals surface area (Å²) in [7, 11) is 0. The first-order valence-electron chi connectivity index (χ1n) is 19.9. The van der Waals surface area contributed by atoms with E-state index in [9.17, 15) is 29.1 Å². The van der Waals surface area contributed by atoms with Crippen molar-refractivity contribution in [2.24, 2.45) is 5.73 Å². The first-order chi connectivity index (χ1) is 28.1. The quantitative estimate of drug-likeness (QED) is 0.0537. The predicted molar refractivity (Wildman–Crippen MR) is 220 cm³/mol. The summed E-state index contributed by atoms with van der Waals surface area (Å²) in [4.78, 5) is 65.9. The molecule has 5 rings (SSSR count). The number of amides is 4. The minimum absolute atomic E-state index is 0.0398. The van der Waals surface area contributed by atoms with Gasteiger partial charge in [0.25, 0.3) is 0 Å². The van der Waals surface area contributed by atoms with Crippen molar-refractivity contribution in [3.05, 3.63) is 125 Å². The third kappa shape index (κ3) is 12.7. The van der Waals surface area contributed by atoms with Crippen LogP contribution in [0, 0.1) is 0 Å². The summed E-state index contributed by atoms with van der Waals surface area (Å²) in [6, 6.07) is 28.2. The van der Waals surface area contributed by atoms with Crippen LogP contribution in [0.1, 0.15) is 73.1 Å². The molecule has 0 bridgehead atoms. The average Bonchev–Trinajstić information content (AvgIpc) is 3.54. The maximum atomic E-state index is 14.1. The highest BCUT2D eigenvalue weighted by molar-refractivity contribution is 5.94. The smallest absolute Gasteiger partial charge is 0.407 e. The topological polar surface area (TPSA) is 209 Å². The Morgan fingerprint density at radius 2 is 1.19 bits per heavy atom. The number of phenolic OH excluding ortho intramolecular Hbond substituents is 1. The summed E-state index contributed by atoms with van der Waals surface area (Å²) in [5.41, 5.74) is 11.5. The maximum Gasteiger partial charge on any atom is 0.407 e. The van der Waals surface area contributed by atoms with Crippen LogP contribution in [-0.2, 0) is 36.8 Å². The van der Waals surface area contributed by atoms with Crippen LogP contribution in [0.25, 0.3) is 11.1 Å². The lowest BCUT2D eigenvalue weighted by atomic mass is 9.98. The van der Waals surface area contributed by atoms with Crippen LogP contribution in [0.15, 0.2) is 103 Å². The summed E-state index contributed by atoms with van der Waals surface area (Å²) >= 11 is 0. The van der Waals surface area contributed by atoms with E-state index in [0.29, 0.717) is 44.2 Å². The fraction of sp³-hybridized carbons (Fsp3) is 0.356. The maximum absolute atomic E-state index is 14.1. The summed E-state index contributed by atoms with van der Waals surface area (Å²) in [6.45, 7) is 0.705. The SMILES string of the molecule is NCCCC[C@H](NC(=O)[C@H](Cc1ccccc1)NC(=O)OCC1c2ccccc2-c2ccccc21)C(=O)N[C@@H](Cc1ccc(O)cc1)C(=O)NCCCCCC(=O)O. The highest BCUT2D eigenvalue weighted by atomic mass is 16.5. The number of carboxylic acids is 1. The zero-order valence-corrected chi connectivity index (χ0v) is 32.5. The number of alkyl carbamates (subject to hydrolysis) is 1. The van der Waals surface area contributed by atoms with Crippen molar-refractivity contribution in [1.29, 1.82) is 0 Å². The Bertz CT molecular complexity index is 1950. The van der Waals surface area contributed by atoms with Crippen LogP contribution in [0.3, 0.4) is 0 Å². The number of nitrogens with two attached hydrogens (primary N) is 1. The molecule has 4 aromatic rings. The molecule has 13 heteroatoms. The minimum atomic E-state index is -1.11. The number of carbonyl (C=O) groups excluding carboxylic acids is 4. The van der Waals surface area contributed by atoms with Gasteiger partial charge in [0.1, 0.15) is 30.5 Å². The van der Waals surface area contributed by atoms with Crippen molar-refractivity contribution >= 4 is 29.8 Å². The highest BCUT2D eigenvalue weighted by Gasteiger charge is 2.32. The van der Waals surface area contributed by atoms with Crippen molar-refractivity contribution in [2.45, 2.75) is 81.8 Å². The number of carboxylic acid groups (broad SMARTS) is 1. The fourth-order valence-electron chi connectivity index (χ4n) is 7.14. The Kier molecular flexibility index (Phi) is 16.2. The summed E-state index contributed by atoms with van der Waals surface area (Å²) in [6.07, 6.45) is 2.41. The third-order valence-electron chi connectivity index (χ3n) is 10.2. The lowest BCUT2D eigenvalue weighted by molar-refractivity contribution is -0.137. The molecule has 0 unspecified atom stereocenters. The molecule has 1 aliphatic carbocycles. The molecule has 8 N–H and O–H groups in total. The highest BCUT2D eigenvalue weighted by Crippen LogP contribution is 2.44. The second kappa shape index (κ2) is 21.9. The van der Waals surface area contributed by atoms with Crippen molar-refractivity contribution in [3.8, 4) is 16.9 Å². The average molecular weight is 792 g/mol. The zero-order chi connectivity index (χ0) is 41.3. The minimum Gasteiger partial charge on any atom is -0.508 e. The fourth-order valence-corrected chi connectivity index (χ4v) is 7.14. The molecule has 4 aromatic carbocycles. The predicted octanol–water partition coefficient (Wildman–Crippen LogP) is 4.94. The van der Waals surface area contributed by atoms with E-state index in [2.05, 4.69) is 21.3 Å². The number of ether oxygens (including phenoxy) is 1. The zero-order valence-electron chi connectivity index (χ0n) is 32.5. The molecule has 0 heterocycles. The van der Waals surface area contributed by atoms with Gasteiger partial charge in [0.15, 0.2) is 0 Å². The number of aromatic hydroxyl groups is 1. The van der Waals surface area contributed by atoms with Crippen LogP contribution < -0.4 is 27.0 Å². The first kappa shape index (κ1) is 42.9. The molecule has 1 aliphatic rings. The first-order valence-corrected chi connectivity index (χ1v) is 19.9. The number of benzene rings is 4. The number of unbranched alkanes of at least 4 members (excludes halogenated alkanes) is 3. The summed E-state index contributed by atoms with van der Waals surface area (Å²) in [5.74, 6) is -2.66. The molecule has 58 heavy (non-hydrogen) atoms. The number of fused-ring (bicyclic) bond motifs is 3. The van der Waals surface area contributed by atoms with Gasteiger partial charge in [-0.15, -0.1) is 0 Å². The second-order valence-electron chi connectivity index (χ2n) is 14.5. The number of hydrogen-bond acceptors (Lipinski definition) is 8. The van der Waals surface area contributed by atoms with Crippen LogP contribution >= 0.6 is 0 Å². The van der Waals surface area contributed by atoms with Crippen LogP contribution in [0.5, 0.6) is 5.75 Å². The molecule has 0 spiro atoms. The molecule has 4 amide bonds. The van der Waals surface area contributed by atoms with Gasteiger partial charge in [-0.1, -0.05) is 97.4 Å². The molecule has 13 nitrogen and oxygen atoms in total. The lowest BCUT2D eigenvalue weighted by Crippen LogP contribution is -2.57. The van der Waals surface area contributed by atoms with Gasteiger partial charge >= 0.3 is 12.1 Å². The molecule has 3 atom stereocenters. The van der Waals surface area contributed by atoms with Gasteiger partial charge in [0.05, 0.1) is 0 Å². The number of rotatable bonds is 22. The van der Waals surface area contributed by atoms with Crippen molar-refractivity contribution < 1.29 is 38.9 Å². The monoisotopic (exact) mass is 791 g/mol. The molecule has 0 saturated heterocycles. The van der Waals surface area contributed by atoms with Crippen LogP contribution in [0.4, 0.5) is 4.79 Å². The standard InChI is InChI=1S/C45H53N5O8/c46-25-11-10-19-38(43(55)49-39(28-31-21-23-32(51)24-22-31)42(54)47-26-12-2-5-20-41(52)53)48-44(56)40(27-30-13-3-1-4-14-30)50-45(57)58-29-37-35-17-8-6-15-33(35)34-16-7-9-18-36(34)37/h1,3-4,6-9,13-18,21-24,37-40,51H,2,5,10-12,19-20,25-29,46H2,(H,47,54)(H,48,56)(H,49,55)(H,50,57)(H,52,53)/t38-,39-,40-/m0/s1. The molecular formula is C45H53N5O8. The van der Waals surface area contributed by atoms with Gasteiger partial charge < -0.3 is 42.0 Å². The largest absolute Gasteiger partial charge is 0.508 e. The van der Waals surface area contributed by atoms with Gasteiger partial charge in [0.2, 0.25) is 17.7 Å². The van der Waals surface area contributed by atoms with Gasteiger partial charge in [-0.2, -0.15) is 0 Å². The van der Waals surface area contributed by atoms with E-state index in [4.69, 9.17) is 15.6 Å². The van der Waals surface area contributed by atoms with E-state index in [1.54, 1.807) is 12.1 Å². The number of phenols is 1. The van der Waals surface area contributed by atoms with Gasteiger partial charge in [-0.05, 0) is 84.2 Å². The van der Waals surface area contributed by atoms with E-state index >= 15 is 0 Å². The van der Waals surface area contributed by atoms with Gasteiger partial charge in [0, 0.05) is 31.7 Å². The Morgan fingerprint density at radius 1 is 0.621 bits per heavy atom. The number of nitrogens with one attached hydrogen (secondary N) is 4. The second-order valence-corrected chi connectivity index (χ2v) is 14.5. The van der Waals surface area contributed by atoms with E-state index in [1.165, 1.54) is 12.1 Å². The third-order valence-corrected chi connectivity index (χ3v) is 10.2. The van der Waals surface area contributed by atoms with E-state index in [1.807, 2.05) is 78.9 Å². The molecule has 0 aliphatic heterocycles. The van der Waals surface area contributed by atoms with E-state index in [-0.39, 0.29) is 50.5 Å². The molecule has 0 saturated carbocycles. The Balaban J connectivity index is 1.28.